The van der Waals surface area contributed by atoms with Gasteiger partial charge < -0.3 is 0 Å². The lowest BCUT2D eigenvalue weighted by Gasteiger charge is -2.43. The van der Waals surface area contributed by atoms with E-state index in [9.17, 15) is 70.2 Å². The molecule has 0 heterocycles. The highest BCUT2D eigenvalue weighted by Gasteiger charge is 2.94. The highest BCUT2D eigenvalue weighted by atomic mass is 19.4. The molecule has 16 heteroatoms. The summed E-state index contributed by atoms with van der Waals surface area (Å²) in [6, 6.07) is 0. The number of halogens is 16. The van der Waals surface area contributed by atoms with Crippen molar-refractivity contribution < 1.29 is 70.2 Å². The first-order valence-corrected chi connectivity index (χ1v) is 7.64. The van der Waals surface area contributed by atoms with Crippen LogP contribution in [0.2, 0.25) is 0 Å². The Bertz CT molecular complexity index is 673. The molecule has 0 aromatic heterocycles. The average Bonchev–Trinajstić information content (AvgIpc) is 2.60. The molecule has 0 aromatic rings. The quantitative estimate of drug-likeness (QED) is 0.204. The van der Waals surface area contributed by atoms with E-state index in [-0.39, 0.29) is 0 Å². The molecule has 0 spiro atoms. The van der Waals surface area contributed by atoms with Gasteiger partial charge in [0.05, 0.1) is 0 Å². The third kappa shape index (κ3) is 3.98. The topological polar surface area (TPSA) is 0 Å². The molecule has 0 aliphatic heterocycles. The Morgan fingerprint density at radius 3 is 1.19 bits per heavy atom. The van der Waals surface area contributed by atoms with Crippen LogP contribution in [0, 0.1) is 0 Å². The maximum atomic E-state index is 13.5. The third-order valence-electron chi connectivity index (χ3n) is 3.97. The molecule has 0 rings (SSSR count). The van der Waals surface area contributed by atoms with Crippen molar-refractivity contribution in [3.8, 4) is 0 Å². The van der Waals surface area contributed by atoms with Crippen LogP contribution in [0.15, 0.2) is 24.8 Å². The molecule has 0 nitrogen and oxygen atoms in total. The van der Waals surface area contributed by atoms with Crippen molar-refractivity contribution in [2.45, 2.75) is 67.1 Å². The Hall–Kier alpha value is -1.64. The number of hydrogen-bond acceptors (Lipinski definition) is 0. The Labute approximate surface area is 163 Å². The number of rotatable bonds is 11. The molecule has 0 amide bonds. The average molecular weight is 496 g/mol. The van der Waals surface area contributed by atoms with Gasteiger partial charge in [-0.3, -0.25) is 0 Å². The first-order chi connectivity index (χ1) is 13.4. The molecule has 31 heavy (non-hydrogen) atoms. The first kappa shape index (κ1) is 29.4. The number of allylic oxidation sites excluding steroid dienone is 3. The van der Waals surface area contributed by atoms with E-state index >= 15 is 0 Å². The van der Waals surface area contributed by atoms with Crippen LogP contribution in [-0.2, 0) is 0 Å². The maximum Gasteiger partial charge on any atom is 0.385 e. The van der Waals surface area contributed by atoms with Crippen molar-refractivity contribution in [2.24, 2.45) is 0 Å². The van der Waals surface area contributed by atoms with E-state index in [1.807, 2.05) is 6.58 Å². The minimum Gasteiger partial charge on any atom is -0.200 e. The van der Waals surface area contributed by atoms with E-state index in [1.165, 1.54) is 0 Å². The Balaban J connectivity index is 6.63. The monoisotopic (exact) mass is 496 g/mol. The second-order valence-corrected chi connectivity index (χ2v) is 6.09. The van der Waals surface area contributed by atoms with Gasteiger partial charge in [-0.2, -0.15) is 70.2 Å². The fourth-order valence-corrected chi connectivity index (χ4v) is 1.94. The molecule has 0 atom stereocenters. The number of hydrogen-bond donors (Lipinski definition) is 0. The molecule has 0 fully saturated rings. The minimum atomic E-state index is -8.39. The molecule has 184 valence electrons. The van der Waals surface area contributed by atoms with Crippen molar-refractivity contribution in [3.63, 3.8) is 0 Å². The van der Waals surface area contributed by atoms with Gasteiger partial charge in [-0.05, 0) is 19.4 Å². The van der Waals surface area contributed by atoms with E-state index < -0.39 is 66.3 Å². The molecule has 0 aliphatic carbocycles. The molecule has 0 radical (unpaired) electrons. The SMILES string of the molecule is C=CC(F)(F)C(F)(F)C(F)(F)C(F)(F)C(F)(F)C(F)(F)C(F)(F)C(F)(F)CC/C=C/C. The van der Waals surface area contributed by atoms with Crippen molar-refractivity contribution in [2.75, 3.05) is 0 Å². The van der Waals surface area contributed by atoms with Gasteiger partial charge >= 0.3 is 47.4 Å². The van der Waals surface area contributed by atoms with E-state index in [1.54, 1.807) is 0 Å². The van der Waals surface area contributed by atoms with Crippen LogP contribution in [0.3, 0.4) is 0 Å². The predicted octanol–water partition coefficient (Wildman–Crippen LogP) is 7.61. The van der Waals surface area contributed by atoms with E-state index in [0.29, 0.717) is 6.08 Å². The van der Waals surface area contributed by atoms with Gasteiger partial charge in [0.15, 0.2) is 0 Å². The lowest BCUT2D eigenvalue weighted by atomic mass is 9.87. The fourth-order valence-electron chi connectivity index (χ4n) is 1.94. The highest BCUT2D eigenvalue weighted by molar-refractivity contribution is 5.17. The van der Waals surface area contributed by atoms with Crippen LogP contribution < -0.4 is 0 Å². The van der Waals surface area contributed by atoms with Gasteiger partial charge in [0.25, 0.3) is 0 Å². The first-order valence-electron chi connectivity index (χ1n) is 7.64. The Kier molecular flexibility index (Phi) is 7.62. The van der Waals surface area contributed by atoms with E-state index in [2.05, 4.69) is 0 Å². The summed E-state index contributed by atoms with van der Waals surface area (Å²) in [6.45, 7) is 2.96. The summed E-state index contributed by atoms with van der Waals surface area (Å²) in [5.74, 6) is -60.8. The Morgan fingerprint density at radius 1 is 0.548 bits per heavy atom. The molecule has 0 bridgehead atoms. The highest BCUT2D eigenvalue weighted by Crippen LogP contribution is 2.64. The van der Waals surface area contributed by atoms with Crippen molar-refractivity contribution in [1.29, 1.82) is 0 Å². The minimum absolute atomic E-state index is 0.626. The normalized spacial score (nSPS) is 16.2. The van der Waals surface area contributed by atoms with Gasteiger partial charge in [-0.1, -0.05) is 18.7 Å². The van der Waals surface area contributed by atoms with E-state index in [4.69, 9.17) is 0 Å². The lowest BCUT2D eigenvalue weighted by molar-refractivity contribution is -0.450. The van der Waals surface area contributed by atoms with Crippen LogP contribution in [0.1, 0.15) is 19.8 Å². The van der Waals surface area contributed by atoms with Crippen LogP contribution in [-0.4, -0.2) is 47.4 Å². The summed E-state index contributed by atoms with van der Waals surface area (Å²) < 4.78 is 213. The molecule has 0 saturated heterocycles. The number of alkyl halides is 16. The largest absolute Gasteiger partial charge is 0.385 e. The molecule has 0 saturated carbocycles. The van der Waals surface area contributed by atoms with Gasteiger partial charge in [0, 0.05) is 6.42 Å². The summed E-state index contributed by atoms with van der Waals surface area (Å²) in [5, 5.41) is 0. The lowest BCUT2D eigenvalue weighted by Crippen LogP contribution is -2.74. The van der Waals surface area contributed by atoms with Crippen molar-refractivity contribution in [3.05, 3.63) is 24.8 Å². The van der Waals surface area contributed by atoms with Gasteiger partial charge in [-0.25, -0.2) is 0 Å². The summed E-state index contributed by atoms with van der Waals surface area (Å²) >= 11 is 0. The smallest absolute Gasteiger partial charge is 0.200 e. The van der Waals surface area contributed by atoms with Gasteiger partial charge in [-0.15, -0.1) is 0 Å². The molecule has 0 N–H and O–H groups in total. The second-order valence-electron chi connectivity index (χ2n) is 6.09. The third-order valence-corrected chi connectivity index (χ3v) is 3.97. The zero-order valence-electron chi connectivity index (χ0n) is 14.9. The zero-order chi connectivity index (χ0) is 25.5. The fraction of sp³-hybridized carbons (Fsp3) is 0.733. The molecule has 0 unspecified atom stereocenters. The van der Waals surface area contributed by atoms with Crippen LogP contribution in [0.5, 0.6) is 0 Å². The van der Waals surface area contributed by atoms with Crippen LogP contribution in [0.25, 0.3) is 0 Å². The second kappa shape index (κ2) is 8.05. The summed E-state index contributed by atoms with van der Waals surface area (Å²) in [7, 11) is 0. The Morgan fingerprint density at radius 2 is 0.871 bits per heavy atom. The van der Waals surface area contributed by atoms with Crippen LogP contribution in [0.4, 0.5) is 70.2 Å². The molecule has 0 aliphatic rings. The maximum absolute atomic E-state index is 13.5. The molecular formula is C15H12F16. The predicted molar refractivity (Wildman–Crippen MR) is 73.8 cm³/mol. The molecule has 0 aromatic carbocycles. The summed E-state index contributed by atoms with van der Waals surface area (Å²) in [6.07, 6.45) is -3.50. The van der Waals surface area contributed by atoms with Gasteiger partial charge in [0.1, 0.15) is 0 Å². The zero-order valence-corrected chi connectivity index (χ0v) is 14.9. The van der Waals surface area contributed by atoms with Gasteiger partial charge in [0.2, 0.25) is 0 Å². The van der Waals surface area contributed by atoms with E-state index in [0.717, 1.165) is 13.0 Å². The summed E-state index contributed by atoms with van der Waals surface area (Å²) in [4.78, 5) is 0. The van der Waals surface area contributed by atoms with Crippen LogP contribution >= 0.6 is 0 Å². The van der Waals surface area contributed by atoms with Crippen molar-refractivity contribution >= 4 is 0 Å². The molecular weight excluding hydrogens is 484 g/mol. The summed E-state index contributed by atoms with van der Waals surface area (Å²) in [5.41, 5.74) is 0. The van der Waals surface area contributed by atoms with Crippen molar-refractivity contribution in [1.82, 2.24) is 0 Å². The standard InChI is InChI=1S/C15H12F16/c1-3-5-6-7-9(18,19)11(22,23)13(26,27)15(30,31)14(28,29)12(24,25)10(20,21)8(16,17)4-2/h3-5H,2,6-7H2,1H3/b5-3+.